The number of hydrogen-bond donors (Lipinski definition) is 2. The van der Waals surface area contributed by atoms with Crippen molar-refractivity contribution in [1.82, 2.24) is 15.4 Å². The molecular formula is C17H24N4. The largest absolute Gasteiger partial charge is 0.271 e. The molecule has 21 heavy (non-hydrogen) atoms. The van der Waals surface area contributed by atoms with Gasteiger partial charge in [0.2, 0.25) is 0 Å². The van der Waals surface area contributed by atoms with Gasteiger partial charge in [-0.2, -0.15) is 0 Å². The van der Waals surface area contributed by atoms with Crippen LogP contribution < -0.4 is 11.3 Å². The molecule has 3 N–H and O–H groups in total. The summed E-state index contributed by atoms with van der Waals surface area (Å²) in [5.41, 5.74) is 6.18. The third kappa shape index (κ3) is 2.78. The summed E-state index contributed by atoms with van der Waals surface area (Å²) in [6.45, 7) is 2.29. The van der Waals surface area contributed by atoms with Crippen molar-refractivity contribution < 1.29 is 0 Å². The molecule has 112 valence electrons. The molecule has 1 aliphatic carbocycles. The van der Waals surface area contributed by atoms with E-state index in [1.807, 2.05) is 6.07 Å². The second-order valence-electron chi connectivity index (χ2n) is 6.03. The second kappa shape index (κ2) is 6.50. The summed E-state index contributed by atoms with van der Waals surface area (Å²) in [6, 6.07) is 6.37. The number of hydrogen-bond acceptors (Lipinski definition) is 4. The fourth-order valence-electron chi connectivity index (χ4n) is 3.89. The monoisotopic (exact) mass is 284 g/mol. The van der Waals surface area contributed by atoms with Gasteiger partial charge in [0.1, 0.15) is 0 Å². The predicted molar refractivity (Wildman–Crippen MR) is 85.3 cm³/mol. The number of nitrogens with one attached hydrogen (secondary N) is 1. The normalized spacial score (nSPS) is 24.1. The SMILES string of the molecule is CCC1CCCCC1C(NN)c1cccc2nccnc12. The molecule has 1 aliphatic rings. The number of nitrogens with two attached hydrogens (primary N) is 1. The van der Waals surface area contributed by atoms with Gasteiger partial charge in [-0.05, 0) is 29.9 Å². The molecule has 4 heteroatoms. The Hall–Kier alpha value is -1.52. The lowest BCUT2D eigenvalue weighted by molar-refractivity contribution is 0.176. The molecular weight excluding hydrogens is 260 g/mol. The first-order valence-electron chi connectivity index (χ1n) is 8.01. The average Bonchev–Trinajstić information content (AvgIpc) is 2.56. The van der Waals surface area contributed by atoms with E-state index in [2.05, 4.69) is 34.5 Å². The maximum atomic E-state index is 5.95. The van der Waals surface area contributed by atoms with E-state index in [4.69, 9.17) is 5.84 Å². The van der Waals surface area contributed by atoms with E-state index in [-0.39, 0.29) is 6.04 Å². The molecule has 0 saturated heterocycles. The predicted octanol–water partition coefficient (Wildman–Crippen LogP) is 3.35. The van der Waals surface area contributed by atoms with Crippen LogP contribution in [0.15, 0.2) is 30.6 Å². The fourth-order valence-corrected chi connectivity index (χ4v) is 3.89. The molecule has 2 aromatic rings. The summed E-state index contributed by atoms with van der Waals surface area (Å²) in [5.74, 6) is 7.27. The van der Waals surface area contributed by atoms with E-state index >= 15 is 0 Å². The van der Waals surface area contributed by atoms with Crippen molar-refractivity contribution in [3.63, 3.8) is 0 Å². The standard InChI is InChI=1S/C17H24N4/c1-2-12-6-3-4-7-13(12)16(21-18)14-8-5-9-15-17(14)20-11-10-19-15/h5,8-13,16,21H,2-4,6-7,18H2,1H3. The molecule has 0 amide bonds. The van der Waals surface area contributed by atoms with Crippen LogP contribution >= 0.6 is 0 Å². The Labute approximate surface area is 126 Å². The number of fused-ring (bicyclic) bond motifs is 1. The quantitative estimate of drug-likeness (QED) is 0.667. The third-order valence-corrected chi connectivity index (χ3v) is 4.96. The Morgan fingerprint density at radius 3 is 2.86 bits per heavy atom. The maximum Gasteiger partial charge on any atom is 0.0935 e. The Morgan fingerprint density at radius 2 is 2.05 bits per heavy atom. The zero-order valence-corrected chi connectivity index (χ0v) is 12.6. The van der Waals surface area contributed by atoms with Crippen molar-refractivity contribution >= 4 is 11.0 Å². The summed E-state index contributed by atoms with van der Waals surface area (Å²) < 4.78 is 0. The minimum atomic E-state index is 0.163. The average molecular weight is 284 g/mol. The second-order valence-corrected chi connectivity index (χ2v) is 6.03. The van der Waals surface area contributed by atoms with Gasteiger partial charge in [0.05, 0.1) is 17.1 Å². The molecule has 1 aromatic carbocycles. The van der Waals surface area contributed by atoms with Crippen LogP contribution in [0, 0.1) is 11.8 Å². The highest BCUT2D eigenvalue weighted by molar-refractivity contribution is 5.78. The molecule has 0 spiro atoms. The molecule has 4 nitrogen and oxygen atoms in total. The molecule has 3 unspecified atom stereocenters. The number of rotatable bonds is 4. The van der Waals surface area contributed by atoms with Crippen molar-refractivity contribution in [2.45, 2.75) is 45.1 Å². The number of nitrogens with zero attached hydrogens (tertiary/aromatic N) is 2. The summed E-state index contributed by atoms with van der Waals surface area (Å²) >= 11 is 0. The zero-order valence-electron chi connectivity index (χ0n) is 12.6. The minimum absolute atomic E-state index is 0.163. The van der Waals surface area contributed by atoms with Crippen LogP contribution in [0.4, 0.5) is 0 Å². The molecule has 0 aliphatic heterocycles. The van der Waals surface area contributed by atoms with Crippen LogP contribution in [0.5, 0.6) is 0 Å². The molecule has 1 aromatic heterocycles. The topological polar surface area (TPSA) is 63.8 Å². The number of aromatic nitrogens is 2. The van der Waals surface area contributed by atoms with Crippen molar-refractivity contribution in [2.24, 2.45) is 17.7 Å². The van der Waals surface area contributed by atoms with Gasteiger partial charge in [0.15, 0.2) is 0 Å². The van der Waals surface area contributed by atoms with E-state index < -0.39 is 0 Å². The summed E-state index contributed by atoms with van der Waals surface area (Å²) in [4.78, 5) is 8.95. The fraction of sp³-hybridized carbons (Fsp3) is 0.529. The molecule has 1 fully saturated rings. The molecule has 1 saturated carbocycles. The first-order chi connectivity index (χ1) is 10.3. The van der Waals surface area contributed by atoms with E-state index in [0.29, 0.717) is 5.92 Å². The van der Waals surface area contributed by atoms with Gasteiger partial charge in [-0.25, -0.2) is 0 Å². The Morgan fingerprint density at radius 1 is 1.24 bits per heavy atom. The highest BCUT2D eigenvalue weighted by Gasteiger charge is 2.32. The van der Waals surface area contributed by atoms with Gasteiger partial charge < -0.3 is 0 Å². The van der Waals surface area contributed by atoms with Crippen molar-refractivity contribution in [2.75, 3.05) is 0 Å². The first-order valence-corrected chi connectivity index (χ1v) is 8.01. The van der Waals surface area contributed by atoms with Gasteiger partial charge in [0.25, 0.3) is 0 Å². The van der Waals surface area contributed by atoms with Crippen LogP contribution in [0.1, 0.15) is 50.6 Å². The van der Waals surface area contributed by atoms with Crippen LogP contribution in [0.2, 0.25) is 0 Å². The van der Waals surface area contributed by atoms with Crippen LogP contribution in [0.25, 0.3) is 11.0 Å². The van der Waals surface area contributed by atoms with Gasteiger partial charge in [-0.3, -0.25) is 21.2 Å². The lowest BCUT2D eigenvalue weighted by atomic mass is 9.72. The molecule has 3 rings (SSSR count). The van der Waals surface area contributed by atoms with Crippen molar-refractivity contribution in [3.05, 3.63) is 36.2 Å². The number of hydrazine groups is 1. The minimum Gasteiger partial charge on any atom is -0.271 e. The summed E-state index contributed by atoms with van der Waals surface area (Å²) in [5, 5.41) is 0. The van der Waals surface area contributed by atoms with Crippen LogP contribution in [-0.2, 0) is 0 Å². The smallest absolute Gasteiger partial charge is 0.0935 e. The summed E-state index contributed by atoms with van der Waals surface area (Å²) in [6.07, 6.45) is 9.93. The lowest BCUT2D eigenvalue weighted by Gasteiger charge is -2.37. The van der Waals surface area contributed by atoms with Crippen molar-refractivity contribution in [3.8, 4) is 0 Å². The molecule has 3 atom stereocenters. The van der Waals surface area contributed by atoms with Crippen LogP contribution in [0.3, 0.4) is 0 Å². The highest BCUT2D eigenvalue weighted by atomic mass is 15.2. The summed E-state index contributed by atoms with van der Waals surface area (Å²) in [7, 11) is 0. The van der Waals surface area contributed by atoms with Gasteiger partial charge in [0, 0.05) is 12.4 Å². The Bertz CT molecular complexity index is 593. The first kappa shape index (κ1) is 14.4. The van der Waals surface area contributed by atoms with Gasteiger partial charge in [-0.15, -0.1) is 0 Å². The zero-order chi connectivity index (χ0) is 14.7. The molecule has 0 radical (unpaired) electrons. The molecule has 1 heterocycles. The van der Waals surface area contributed by atoms with E-state index in [1.165, 1.54) is 37.7 Å². The van der Waals surface area contributed by atoms with Gasteiger partial charge in [-0.1, -0.05) is 44.7 Å². The lowest BCUT2D eigenvalue weighted by Crippen LogP contribution is -2.38. The molecule has 0 bridgehead atoms. The van der Waals surface area contributed by atoms with Crippen LogP contribution in [-0.4, -0.2) is 9.97 Å². The Kier molecular flexibility index (Phi) is 4.46. The van der Waals surface area contributed by atoms with E-state index in [1.54, 1.807) is 12.4 Å². The number of para-hydroxylation sites is 1. The van der Waals surface area contributed by atoms with E-state index in [9.17, 15) is 0 Å². The number of benzene rings is 1. The van der Waals surface area contributed by atoms with Crippen molar-refractivity contribution in [1.29, 1.82) is 0 Å². The van der Waals surface area contributed by atoms with E-state index in [0.717, 1.165) is 17.0 Å². The maximum absolute atomic E-state index is 5.95. The third-order valence-electron chi connectivity index (χ3n) is 4.96. The Balaban J connectivity index is 2.01. The highest BCUT2D eigenvalue weighted by Crippen LogP contribution is 2.41. The van der Waals surface area contributed by atoms with Gasteiger partial charge >= 0.3 is 0 Å².